The number of methoxy groups -OCH3 is 1. The van der Waals surface area contributed by atoms with E-state index in [4.69, 9.17) is 22.1 Å². The number of nitrogens with zero attached hydrogens (tertiary/aromatic N) is 2. The summed E-state index contributed by atoms with van der Waals surface area (Å²) in [6.07, 6.45) is 0. The van der Waals surface area contributed by atoms with Gasteiger partial charge in [-0.25, -0.2) is 0 Å². The number of primary amides is 1. The van der Waals surface area contributed by atoms with Crippen LogP contribution in [0.15, 0.2) is 18.2 Å². The molecule has 0 bridgehead atoms. The fraction of sp³-hybridized carbons (Fsp3) is 0.267. The van der Waals surface area contributed by atoms with Crippen molar-refractivity contribution in [2.75, 3.05) is 12.4 Å². The molecule has 0 fully saturated rings. The van der Waals surface area contributed by atoms with E-state index in [1.54, 1.807) is 19.1 Å². The molecule has 8 heteroatoms. The Morgan fingerprint density at radius 1 is 1.43 bits per heavy atom. The molecule has 23 heavy (non-hydrogen) atoms. The van der Waals surface area contributed by atoms with E-state index in [0.29, 0.717) is 23.0 Å². The number of hydrogen-bond donors (Lipinski definition) is 2. The maximum absolute atomic E-state index is 12.5. The molecular formula is C15H17ClN4O3. The Hall–Kier alpha value is -2.54. The molecule has 7 nitrogen and oxygen atoms in total. The van der Waals surface area contributed by atoms with Crippen LogP contribution in [0.1, 0.15) is 33.5 Å². The highest BCUT2D eigenvalue weighted by Crippen LogP contribution is 2.26. The lowest BCUT2D eigenvalue weighted by atomic mass is 10.1. The number of aryl methyl sites for hydroxylation is 2. The van der Waals surface area contributed by atoms with Crippen molar-refractivity contribution < 1.29 is 14.3 Å². The Balaban J connectivity index is 2.44. The van der Waals surface area contributed by atoms with Crippen molar-refractivity contribution in [2.24, 2.45) is 5.73 Å². The van der Waals surface area contributed by atoms with E-state index >= 15 is 0 Å². The summed E-state index contributed by atoms with van der Waals surface area (Å²) in [5, 5.41) is 7.27. The predicted octanol–water partition coefficient (Wildman–Crippen LogP) is 2.22. The highest BCUT2D eigenvalue weighted by Gasteiger charge is 2.22. The number of ether oxygens (including phenoxy) is 1. The van der Waals surface area contributed by atoms with Gasteiger partial charge in [0.15, 0.2) is 0 Å². The molecule has 3 N–H and O–H groups in total. The van der Waals surface area contributed by atoms with Crippen LogP contribution in [0.5, 0.6) is 5.75 Å². The summed E-state index contributed by atoms with van der Waals surface area (Å²) in [5.74, 6) is -0.764. The number of carbonyl (C=O) groups excluding carboxylic acids is 2. The molecule has 0 saturated heterocycles. The van der Waals surface area contributed by atoms with E-state index in [-0.39, 0.29) is 16.9 Å². The average molecular weight is 337 g/mol. The van der Waals surface area contributed by atoms with Gasteiger partial charge in [-0.15, -0.1) is 0 Å². The molecule has 0 aliphatic rings. The number of nitrogens with one attached hydrogen (secondary N) is 1. The number of anilines is 1. The zero-order chi connectivity index (χ0) is 17.1. The van der Waals surface area contributed by atoms with Crippen LogP contribution < -0.4 is 15.8 Å². The first-order valence-electron chi connectivity index (χ1n) is 6.91. The van der Waals surface area contributed by atoms with Crippen molar-refractivity contribution in [3.8, 4) is 5.75 Å². The molecule has 0 unspecified atom stereocenters. The molecule has 2 rings (SSSR count). The van der Waals surface area contributed by atoms with E-state index in [1.807, 2.05) is 6.92 Å². The van der Waals surface area contributed by atoms with Gasteiger partial charge in [0, 0.05) is 11.6 Å². The molecule has 1 aromatic heterocycles. The summed E-state index contributed by atoms with van der Waals surface area (Å²) in [7, 11) is 1.45. The summed E-state index contributed by atoms with van der Waals surface area (Å²) < 4.78 is 6.61. The quantitative estimate of drug-likeness (QED) is 0.874. The van der Waals surface area contributed by atoms with Gasteiger partial charge in [-0.1, -0.05) is 11.6 Å². The fourth-order valence-electron chi connectivity index (χ4n) is 2.25. The second kappa shape index (κ2) is 6.70. The summed E-state index contributed by atoms with van der Waals surface area (Å²) in [6, 6.07) is 4.69. The third-order valence-corrected chi connectivity index (χ3v) is 3.54. The molecule has 122 valence electrons. The monoisotopic (exact) mass is 336 g/mol. The molecule has 1 aromatic carbocycles. The van der Waals surface area contributed by atoms with E-state index in [0.717, 1.165) is 0 Å². The fourth-order valence-corrected chi connectivity index (χ4v) is 2.42. The minimum atomic E-state index is -0.666. The number of amides is 2. The summed E-state index contributed by atoms with van der Waals surface area (Å²) >= 11 is 5.93. The first-order chi connectivity index (χ1) is 10.9. The third-order valence-electron chi connectivity index (χ3n) is 3.31. The standard InChI is InChI=1S/C15H17ClN4O3/c1-4-20-13(14(17)21)12(8(2)19-20)18-15(22)10-7-9(16)5-6-11(10)23-3/h5-7H,4H2,1-3H3,(H2,17,21)(H,18,22). The highest BCUT2D eigenvalue weighted by molar-refractivity contribution is 6.31. The van der Waals surface area contributed by atoms with Gasteiger partial charge < -0.3 is 15.8 Å². The van der Waals surface area contributed by atoms with Crippen LogP contribution >= 0.6 is 11.6 Å². The first kappa shape index (κ1) is 16.8. The number of benzene rings is 1. The molecule has 2 aromatic rings. The van der Waals surface area contributed by atoms with Crippen LogP contribution in [0, 0.1) is 6.92 Å². The van der Waals surface area contributed by atoms with Crippen molar-refractivity contribution in [3.63, 3.8) is 0 Å². The normalized spacial score (nSPS) is 10.4. The third kappa shape index (κ3) is 3.29. The summed E-state index contributed by atoms with van der Waals surface area (Å²) in [4.78, 5) is 24.2. The predicted molar refractivity (Wildman–Crippen MR) is 87.1 cm³/mol. The van der Waals surface area contributed by atoms with Crippen molar-refractivity contribution in [3.05, 3.63) is 40.2 Å². The molecule has 0 atom stereocenters. The SMILES string of the molecule is CCn1nc(C)c(NC(=O)c2cc(Cl)ccc2OC)c1C(N)=O. The van der Waals surface area contributed by atoms with Crippen LogP contribution in [-0.2, 0) is 6.54 Å². The Bertz CT molecular complexity index is 770. The van der Waals surface area contributed by atoms with Crippen molar-refractivity contribution in [1.82, 2.24) is 9.78 Å². The van der Waals surface area contributed by atoms with Gasteiger partial charge in [-0.2, -0.15) is 5.10 Å². The van der Waals surface area contributed by atoms with E-state index in [2.05, 4.69) is 10.4 Å². The molecule has 0 aliphatic heterocycles. The van der Waals surface area contributed by atoms with Gasteiger partial charge in [0.05, 0.1) is 24.1 Å². The second-order valence-corrected chi connectivity index (χ2v) is 5.22. The highest BCUT2D eigenvalue weighted by atomic mass is 35.5. The minimum absolute atomic E-state index is 0.152. The van der Waals surface area contributed by atoms with Gasteiger partial charge in [-0.05, 0) is 32.0 Å². The molecular weight excluding hydrogens is 320 g/mol. The minimum Gasteiger partial charge on any atom is -0.496 e. The Morgan fingerprint density at radius 3 is 2.70 bits per heavy atom. The number of hydrogen-bond acceptors (Lipinski definition) is 4. The van der Waals surface area contributed by atoms with Gasteiger partial charge in [0.2, 0.25) is 0 Å². The van der Waals surface area contributed by atoms with Crippen molar-refractivity contribution in [2.45, 2.75) is 20.4 Å². The van der Waals surface area contributed by atoms with Crippen molar-refractivity contribution in [1.29, 1.82) is 0 Å². The van der Waals surface area contributed by atoms with Crippen LogP contribution in [0.2, 0.25) is 5.02 Å². The molecule has 0 radical (unpaired) electrons. The topological polar surface area (TPSA) is 99.2 Å². The Labute approximate surface area is 138 Å². The number of halogens is 1. The first-order valence-corrected chi connectivity index (χ1v) is 7.28. The molecule has 0 aliphatic carbocycles. The summed E-state index contributed by atoms with van der Waals surface area (Å²) in [6.45, 7) is 3.96. The molecule has 0 saturated carbocycles. The van der Waals surface area contributed by atoms with Crippen LogP contribution in [0.3, 0.4) is 0 Å². The zero-order valence-electron chi connectivity index (χ0n) is 13.0. The van der Waals surface area contributed by atoms with Gasteiger partial charge in [0.25, 0.3) is 11.8 Å². The van der Waals surface area contributed by atoms with Crippen LogP contribution in [-0.4, -0.2) is 28.7 Å². The van der Waals surface area contributed by atoms with Crippen molar-refractivity contribution >= 4 is 29.1 Å². The van der Waals surface area contributed by atoms with E-state index < -0.39 is 11.8 Å². The number of aromatic nitrogens is 2. The lowest BCUT2D eigenvalue weighted by Crippen LogP contribution is -2.21. The largest absolute Gasteiger partial charge is 0.496 e. The van der Waals surface area contributed by atoms with E-state index in [1.165, 1.54) is 17.9 Å². The smallest absolute Gasteiger partial charge is 0.269 e. The molecule has 1 heterocycles. The Morgan fingerprint density at radius 2 is 2.13 bits per heavy atom. The molecule has 2 amide bonds. The lowest BCUT2D eigenvalue weighted by molar-refractivity contribution is 0.0991. The number of nitrogens with two attached hydrogens (primary N) is 1. The Kier molecular flexibility index (Phi) is 4.90. The van der Waals surface area contributed by atoms with Crippen LogP contribution in [0.25, 0.3) is 0 Å². The zero-order valence-corrected chi connectivity index (χ0v) is 13.8. The second-order valence-electron chi connectivity index (χ2n) is 4.79. The van der Waals surface area contributed by atoms with Crippen LogP contribution in [0.4, 0.5) is 5.69 Å². The maximum atomic E-state index is 12.5. The van der Waals surface area contributed by atoms with E-state index in [9.17, 15) is 9.59 Å². The molecule has 0 spiro atoms. The summed E-state index contributed by atoms with van der Waals surface area (Å²) in [5.41, 5.74) is 6.58. The number of rotatable bonds is 5. The average Bonchev–Trinajstić information content (AvgIpc) is 2.83. The lowest BCUT2D eigenvalue weighted by Gasteiger charge is -2.10. The number of carbonyl (C=O) groups is 2. The van der Waals surface area contributed by atoms with Gasteiger partial charge in [-0.3, -0.25) is 14.3 Å². The maximum Gasteiger partial charge on any atom is 0.269 e. The van der Waals surface area contributed by atoms with Gasteiger partial charge >= 0.3 is 0 Å². The van der Waals surface area contributed by atoms with Gasteiger partial charge in [0.1, 0.15) is 11.4 Å².